The lowest BCUT2D eigenvalue weighted by Gasteiger charge is -2.10. The molecule has 7 aromatic carbocycles. The molecule has 9 aromatic rings. The maximum absolute atomic E-state index is 9.17. The fourth-order valence-corrected chi connectivity index (χ4v) is 6.98. The number of rotatable bonds is 4. The van der Waals surface area contributed by atoms with Crippen molar-refractivity contribution in [3.05, 3.63) is 169 Å². The van der Waals surface area contributed by atoms with Crippen LogP contribution >= 0.6 is 0 Å². The van der Waals surface area contributed by atoms with E-state index in [-0.39, 0.29) is 0 Å². The maximum Gasteiger partial charge on any atom is 0.0991 e. The van der Waals surface area contributed by atoms with Crippen LogP contribution in [0.4, 0.5) is 0 Å². The first-order chi connectivity index (χ1) is 22.8. The van der Waals surface area contributed by atoms with Crippen molar-refractivity contribution < 1.29 is 0 Å². The topological polar surface area (TPSA) is 33.6 Å². The fourth-order valence-electron chi connectivity index (χ4n) is 6.98. The standard InChI is InChI=1S/C43H27N3/c44-28-29-14-16-30(17-15-29)31-18-22-35(23-19-31)45-41-13-7-5-11-37(41)39-26-32(21-25-42(39)45)33-20-24-38-36-10-4-6-12-40(36)46(43(38)27-33)34-8-2-1-3-9-34/h1-27H. The lowest BCUT2D eigenvalue weighted by molar-refractivity contribution is 1.18. The molecule has 214 valence electrons. The van der Waals surface area contributed by atoms with Crippen LogP contribution in [0.1, 0.15) is 5.56 Å². The summed E-state index contributed by atoms with van der Waals surface area (Å²) in [6.07, 6.45) is 0. The molecule has 0 aliphatic heterocycles. The van der Waals surface area contributed by atoms with E-state index < -0.39 is 0 Å². The van der Waals surface area contributed by atoms with Crippen molar-refractivity contribution in [2.24, 2.45) is 0 Å². The van der Waals surface area contributed by atoms with E-state index in [1.54, 1.807) is 0 Å². The van der Waals surface area contributed by atoms with Crippen LogP contribution in [0.25, 0.3) is 77.2 Å². The van der Waals surface area contributed by atoms with E-state index in [9.17, 15) is 0 Å². The maximum atomic E-state index is 9.17. The van der Waals surface area contributed by atoms with Gasteiger partial charge < -0.3 is 9.13 Å². The van der Waals surface area contributed by atoms with Crippen molar-refractivity contribution >= 4 is 43.6 Å². The van der Waals surface area contributed by atoms with Crippen molar-refractivity contribution in [1.29, 1.82) is 5.26 Å². The molecule has 3 heteroatoms. The van der Waals surface area contributed by atoms with Crippen molar-refractivity contribution in [1.82, 2.24) is 9.13 Å². The molecular weight excluding hydrogens is 558 g/mol. The van der Waals surface area contributed by atoms with E-state index in [0.29, 0.717) is 5.56 Å². The Labute approximate surface area is 266 Å². The van der Waals surface area contributed by atoms with Crippen LogP contribution in [0.3, 0.4) is 0 Å². The third kappa shape index (κ3) is 4.05. The molecule has 0 amide bonds. The van der Waals surface area contributed by atoms with Gasteiger partial charge in [0.25, 0.3) is 0 Å². The Morgan fingerprint density at radius 3 is 1.52 bits per heavy atom. The molecule has 3 nitrogen and oxygen atoms in total. The molecule has 9 rings (SSSR count). The lowest BCUT2D eigenvalue weighted by atomic mass is 10.0. The van der Waals surface area contributed by atoms with E-state index in [0.717, 1.165) is 22.5 Å². The summed E-state index contributed by atoms with van der Waals surface area (Å²) in [6, 6.07) is 60.3. The van der Waals surface area contributed by atoms with E-state index in [2.05, 4.69) is 155 Å². The van der Waals surface area contributed by atoms with Crippen molar-refractivity contribution in [2.75, 3.05) is 0 Å². The van der Waals surface area contributed by atoms with Crippen molar-refractivity contribution in [2.45, 2.75) is 0 Å². The Morgan fingerprint density at radius 1 is 0.348 bits per heavy atom. The summed E-state index contributed by atoms with van der Waals surface area (Å²) in [5, 5.41) is 14.1. The molecule has 0 radical (unpaired) electrons. The van der Waals surface area contributed by atoms with Crippen LogP contribution in [0.5, 0.6) is 0 Å². The predicted octanol–water partition coefficient (Wildman–Crippen LogP) is 11.1. The summed E-state index contributed by atoms with van der Waals surface area (Å²) in [7, 11) is 0. The monoisotopic (exact) mass is 585 g/mol. The molecule has 2 aromatic heterocycles. The van der Waals surface area contributed by atoms with Gasteiger partial charge >= 0.3 is 0 Å². The zero-order chi connectivity index (χ0) is 30.6. The predicted molar refractivity (Wildman–Crippen MR) is 191 cm³/mol. The molecule has 0 saturated heterocycles. The van der Waals surface area contributed by atoms with Gasteiger partial charge in [0, 0.05) is 32.9 Å². The minimum absolute atomic E-state index is 0.670. The number of hydrogen-bond donors (Lipinski definition) is 0. The molecule has 0 bridgehead atoms. The quantitative estimate of drug-likeness (QED) is 0.202. The van der Waals surface area contributed by atoms with E-state index in [1.807, 2.05) is 24.3 Å². The van der Waals surface area contributed by atoms with Crippen molar-refractivity contribution in [3.8, 4) is 39.7 Å². The van der Waals surface area contributed by atoms with Crippen LogP contribution in [0, 0.1) is 11.3 Å². The second-order valence-corrected chi connectivity index (χ2v) is 11.7. The number of nitriles is 1. The Morgan fingerprint density at radius 2 is 0.826 bits per heavy atom. The van der Waals surface area contributed by atoms with Gasteiger partial charge in [-0.3, -0.25) is 0 Å². The molecule has 0 fully saturated rings. The van der Waals surface area contributed by atoms with Crippen LogP contribution < -0.4 is 0 Å². The summed E-state index contributed by atoms with van der Waals surface area (Å²) in [5.41, 5.74) is 12.3. The fraction of sp³-hybridized carbons (Fsp3) is 0. The molecule has 46 heavy (non-hydrogen) atoms. The molecule has 0 unspecified atom stereocenters. The second kappa shape index (κ2) is 10.4. The molecular formula is C43H27N3. The Balaban J connectivity index is 1.19. The van der Waals surface area contributed by atoms with Crippen LogP contribution in [-0.4, -0.2) is 9.13 Å². The second-order valence-electron chi connectivity index (χ2n) is 11.7. The van der Waals surface area contributed by atoms with Gasteiger partial charge in [0.15, 0.2) is 0 Å². The number of para-hydroxylation sites is 3. The van der Waals surface area contributed by atoms with Crippen molar-refractivity contribution in [3.63, 3.8) is 0 Å². The summed E-state index contributed by atoms with van der Waals surface area (Å²) in [4.78, 5) is 0. The summed E-state index contributed by atoms with van der Waals surface area (Å²) >= 11 is 0. The Kier molecular flexibility index (Phi) is 5.88. The number of aromatic nitrogens is 2. The first kappa shape index (κ1) is 26.1. The molecule has 0 aliphatic carbocycles. The van der Waals surface area contributed by atoms with Gasteiger partial charge in [0.05, 0.1) is 33.7 Å². The smallest absolute Gasteiger partial charge is 0.0991 e. The van der Waals surface area contributed by atoms with Gasteiger partial charge in [-0.2, -0.15) is 5.26 Å². The van der Waals surface area contributed by atoms with Crippen LogP contribution in [0.2, 0.25) is 0 Å². The minimum atomic E-state index is 0.670. The zero-order valence-corrected chi connectivity index (χ0v) is 24.9. The van der Waals surface area contributed by atoms with E-state index in [4.69, 9.17) is 5.26 Å². The number of fused-ring (bicyclic) bond motifs is 6. The highest BCUT2D eigenvalue weighted by Crippen LogP contribution is 2.38. The summed E-state index contributed by atoms with van der Waals surface area (Å²) in [5.74, 6) is 0. The molecule has 0 spiro atoms. The highest BCUT2D eigenvalue weighted by molar-refractivity contribution is 6.12. The van der Waals surface area contributed by atoms with Gasteiger partial charge in [-0.25, -0.2) is 0 Å². The van der Waals surface area contributed by atoms with Crippen LogP contribution in [0.15, 0.2) is 164 Å². The van der Waals surface area contributed by atoms with Gasteiger partial charge in [-0.15, -0.1) is 0 Å². The Bertz CT molecular complexity index is 2610. The average molecular weight is 586 g/mol. The van der Waals surface area contributed by atoms with Gasteiger partial charge in [0.1, 0.15) is 0 Å². The van der Waals surface area contributed by atoms with Crippen LogP contribution in [-0.2, 0) is 0 Å². The van der Waals surface area contributed by atoms with Gasteiger partial charge in [-0.05, 0) is 89.0 Å². The molecule has 0 saturated carbocycles. The highest BCUT2D eigenvalue weighted by Gasteiger charge is 2.16. The SMILES string of the molecule is N#Cc1ccc(-c2ccc(-n3c4ccccc4c4cc(-c5ccc6c7ccccc7n(-c7ccccc7)c6c5)ccc43)cc2)cc1. The average Bonchev–Trinajstić information content (AvgIpc) is 3.64. The van der Waals surface area contributed by atoms with E-state index in [1.165, 1.54) is 54.7 Å². The third-order valence-electron chi connectivity index (χ3n) is 9.17. The number of hydrogen-bond acceptors (Lipinski definition) is 1. The largest absolute Gasteiger partial charge is 0.309 e. The normalized spacial score (nSPS) is 11.5. The van der Waals surface area contributed by atoms with Gasteiger partial charge in [-0.1, -0.05) is 97.1 Å². The third-order valence-corrected chi connectivity index (χ3v) is 9.17. The Hall–Kier alpha value is -6.37. The molecule has 0 N–H and O–H groups in total. The summed E-state index contributed by atoms with van der Waals surface area (Å²) in [6.45, 7) is 0. The molecule has 2 heterocycles. The number of nitrogens with zero attached hydrogens (tertiary/aromatic N) is 3. The highest BCUT2D eigenvalue weighted by atomic mass is 15.0. The first-order valence-electron chi connectivity index (χ1n) is 15.5. The molecule has 0 aliphatic rings. The number of benzene rings is 7. The first-order valence-corrected chi connectivity index (χ1v) is 15.5. The molecule has 0 atom stereocenters. The van der Waals surface area contributed by atoms with E-state index >= 15 is 0 Å². The lowest BCUT2D eigenvalue weighted by Crippen LogP contribution is -1.94. The summed E-state index contributed by atoms with van der Waals surface area (Å²) < 4.78 is 4.73. The van der Waals surface area contributed by atoms with Gasteiger partial charge in [0.2, 0.25) is 0 Å². The minimum Gasteiger partial charge on any atom is -0.309 e. The zero-order valence-electron chi connectivity index (χ0n) is 24.9.